The highest BCUT2D eigenvalue weighted by atomic mass is 32.2. The predicted molar refractivity (Wildman–Crippen MR) is 73.0 cm³/mol. The zero-order valence-electron chi connectivity index (χ0n) is 10.3. The van der Waals surface area contributed by atoms with Gasteiger partial charge in [0.25, 0.3) is 0 Å². The number of primary amides is 1. The molecule has 0 spiro atoms. The molecule has 0 fully saturated rings. The molecule has 4 heteroatoms. The summed E-state index contributed by atoms with van der Waals surface area (Å²) in [5.41, 5.74) is 12.0. The summed E-state index contributed by atoms with van der Waals surface area (Å²) >= 11 is 1.70. The first-order valence-corrected chi connectivity index (χ1v) is 6.77. The van der Waals surface area contributed by atoms with Gasteiger partial charge in [-0.15, -0.1) is 11.8 Å². The van der Waals surface area contributed by atoms with Crippen molar-refractivity contribution in [2.75, 3.05) is 5.75 Å². The van der Waals surface area contributed by atoms with E-state index in [0.29, 0.717) is 12.3 Å². The lowest BCUT2D eigenvalue weighted by atomic mass is 10.0. The van der Waals surface area contributed by atoms with Crippen LogP contribution in [0.4, 0.5) is 0 Å². The quantitative estimate of drug-likeness (QED) is 0.762. The monoisotopic (exact) mass is 252 g/mol. The molecule has 0 aliphatic rings. The number of hydrogen-bond donors (Lipinski definition) is 2. The van der Waals surface area contributed by atoms with Crippen LogP contribution in [0.1, 0.15) is 31.7 Å². The zero-order chi connectivity index (χ0) is 12.8. The van der Waals surface area contributed by atoms with Gasteiger partial charge in [-0.1, -0.05) is 26.0 Å². The number of rotatable bonds is 6. The molecule has 94 valence electrons. The highest BCUT2D eigenvalue weighted by Gasteiger charge is 2.08. The van der Waals surface area contributed by atoms with Gasteiger partial charge in [0.05, 0.1) is 6.04 Å². The van der Waals surface area contributed by atoms with Gasteiger partial charge >= 0.3 is 0 Å². The van der Waals surface area contributed by atoms with Crippen molar-refractivity contribution in [1.82, 2.24) is 0 Å². The summed E-state index contributed by atoms with van der Waals surface area (Å²) < 4.78 is 0. The lowest BCUT2D eigenvalue weighted by molar-refractivity contribution is -0.119. The average molecular weight is 252 g/mol. The van der Waals surface area contributed by atoms with E-state index in [2.05, 4.69) is 38.1 Å². The largest absolute Gasteiger partial charge is 0.368 e. The molecule has 0 aliphatic carbocycles. The Labute approximate surface area is 107 Å². The summed E-state index contributed by atoms with van der Waals surface area (Å²) in [6, 6.07) is 7.96. The minimum atomic E-state index is -0.530. The molecule has 0 aliphatic heterocycles. The third kappa shape index (κ3) is 4.79. The minimum Gasteiger partial charge on any atom is -0.368 e. The lowest BCUT2D eigenvalue weighted by Gasteiger charge is -2.08. The van der Waals surface area contributed by atoms with Gasteiger partial charge in [-0.05, 0) is 35.8 Å². The van der Waals surface area contributed by atoms with E-state index < -0.39 is 11.9 Å². The molecule has 0 bridgehead atoms. The smallest absolute Gasteiger partial charge is 0.234 e. The Kier molecular flexibility index (Phi) is 5.51. The van der Waals surface area contributed by atoms with Crippen LogP contribution in [-0.4, -0.2) is 17.7 Å². The number of carbonyl (C=O) groups is 1. The Morgan fingerprint density at radius 2 is 1.88 bits per heavy atom. The number of amides is 1. The SMILES string of the molecule is CC(C)c1ccc(SCCC(N)C(N)=O)cc1. The van der Waals surface area contributed by atoms with Gasteiger partial charge in [0.15, 0.2) is 0 Å². The number of benzene rings is 1. The standard InChI is InChI=1S/C13H20N2OS/c1-9(2)10-3-5-11(6-4-10)17-8-7-12(14)13(15)16/h3-6,9,12H,7-8,14H2,1-2H3,(H2,15,16). The third-order valence-electron chi connectivity index (χ3n) is 2.61. The van der Waals surface area contributed by atoms with E-state index in [1.54, 1.807) is 11.8 Å². The first-order chi connectivity index (χ1) is 8.00. The fourth-order valence-electron chi connectivity index (χ4n) is 1.39. The number of carbonyl (C=O) groups excluding carboxylic acids is 1. The van der Waals surface area contributed by atoms with E-state index in [1.807, 2.05) is 0 Å². The molecule has 1 rings (SSSR count). The van der Waals surface area contributed by atoms with Crippen molar-refractivity contribution in [2.45, 2.75) is 37.1 Å². The molecule has 1 aromatic carbocycles. The Balaban J connectivity index is 2.40. The first-order valence-electron chi connectivity index (χ1n) is 5.78. The second kappa shape index (κ2) is 6.67. The summed E-state index contributed by atoms with van der Waals surface area (Å²) in [6.45, 7) is 4.35. The molecule has 0 saturated carbocycles. The molecule has 1 aromatic rings. The van der Waals surface area contributed by atoms with Gasteiger partial charge < -0.3 is 11.5 Å². The van der Waals surface area contributed by atoms with Crippen molar-refractivity contribution in [1.29, 1.82) is 0 Å². The van der Waals surface area contributed by atoms with Crippen LogP contribution < -0.4 is 11.5 Å². The Hall–Kier alpha value is -1.00. The van der Waals surface area contributed by atoms with Crippen molar-refractivity contribution in [3.8, 4) is 0 Å². The maximum Gasteiger partial charge on any atom is 0.234 e. The molecular formula is C13H20N2OS. The Morgan fingerprint density at radius 3 is 2.35 bits per heavy atom. The van der Waals surface area contributed by atoms with E-state index in [-0.39, 0.29) is 0 Å². The highest BCUT2D eigenvalue weighted by Crippen LogP contribution is 2.22. The van der Waals surface area contributed by atoms with Crippen molar-refractivity contribution < 1.29 is 4.79 Å². The lowest BCUT2D eigenvalue weighted by Crippen LogP contribution is -2.36. The molecule has 0 aromatic heterocycles. The molecule has 1 amide bonds. The minimum absolute atomic E-state index is 0.430. The van der Waals surface area contributed by atoms with Crippen LogP contribution in [0.3, 0.4) is 0 Å². The van der Waals surface area contributed by atoms with Crippen molar-refractivity contribution in [3.05, 3.63) is 29.8 Å². The van der Waals surface area contributed by atoms with Gasteiger partial charge in [0.1, 0.15) is 0 Å². The molecule has 4 N–H and O–H groups in total. The number of hydrogen-bond acceptors (Lipinski definition) is 3. The molecule has 17 heavy (non-hydrogen) atoms. The first kappa shape index (κ1) is 14.1. The molecule has 1 atom stereocenters. The molecule has 0 saturated heterocycles. The van der Waals surface area contributed by atoms with Crippen molar-refractivity contribution in [3.63, 3.8) is 0 Å². The molecular weight excluding hydrogens is 232 g/mol. The third-order valence-corrected chi connectivity index (χ3v) is 3.66. The predicted octanol–water partition coefficient (Wildman–Crippen LogP) is 2.10. The van der Waals surface area contributed by atoms with Crippen molar-refractivity contribution >= 4 is 17.7 Å². The van der Waals surface area contributed by atoms with Crippen LogP contribution in [-0.2, 0) is 4.79 Å². The summed E-state index contributed by atoms with van der Waals surface area (Å²) in [5, 5.41) is 0. The van der Waals surface area contributed by atoms with Crippen LogP contribution in [0, 0.1) is 0 Å². The van der Waals surface area contributed by atoms with Crippen LogP contribution >= 0.6 is 11.8 Å². The van der Waals surface area contributed by atoms with Crippen LogP contribution in [0.15, 0.2) is 29.2 Å². The van der Waals surface area contributed by atoms with E-state index in [0.717, 1.165) is 5.75 Å². The van der Waals surface area contributed by atoms with Gasteiger partial charge in [-0.25, -0.2) is 0 Å². The topological polar surface area (TPSA) is 69.1 Å². The molecule has 3 nitrogen and oxygen atoms in total. The summed E-state index contributed by atoms with van der Waals surface area (Å²) in [6.07, 6.45) is 0.617. The Bertz CT molecular complexity index is 362. The number of thioether (sulfide) groups is 1. The molecule has 1 unspecified atom stereocenters. The van der Waals surface area contributed by atoms with E-state index in [9.17, 15) is 4.79 Å². The fourth-order valence-corrected chi connectivity index (χ4v) is 2.33. The zero-order valence-corrected chi connectivity index (χ0v) is 11.2. The molecule has 0 heterocycles. The van der Waals surface area contributed by atoms with Crippen molar-refractivity contribution in [2.24, 2.45) is 11.5 Å². The van der Waals surface area contributed by atoms with E-state index in [4.69, 9.17) is 11.5 Å². The number of nitrogens with two attached hydrogens (primary N) is 2. The van der Waals surface area contributed by atoms with E-state index >= 15 is 0 Å². The average Bonchev–Trinajstić information content (AvgIpc) is 2.29. The summed E-state index contributed by atoms with van der Waals surface area (Å²) in [5.74, 6) is 0.934. The van der Waals surface area contributed by atoms with Gasteiger partial charge in [0, 0.05) is 4.90 Å². The second-order valence-corrected chi connectivity index (χ2v) is 5.54. The maximum absolute atomic E-state index is 10.7. The van der Waals surface area contributed by atoms with E-state index in [1.165, 1.54) is 10.5 Å². The highest BCUT2D eigenvalue weighted by molar-refractivity contribution is 7.99. The van der Waals surface area contributed by atoms with Crippen LogP contribution in [0.5, 0.6) is 0 Å². The maximum atomic E-state index is 10.7. The Morgan fingerprint density at radius 1 is 1.29 bits per heavy atom. The van der Waals surface area contributed by atoms with Crippen LogP contribution in [0.2, 0.25) is 0 Å². The van der Waals surface area contributed by atoms with Crippen LogP contribution in [0.25, 0.3) is 0 Å². The summed E-state index contributed by atoms with van der Waals surface area (Å²) in [7, 11) is 0. The van der Waals surface area contributed by atoms with Gasteiger partial charge in [-0.3, -0.25) is 4.79 Å². The summed E-state index contributed by atoms with van der Waals surface area (Å²) in [4.78, 5) is 11.9. The van der Waals surface area contributed by atoms with Gasteiger partial charge in [0.2, 0.25) is 5.91 Å². The normalized spacial score (nSPS) is 12.7. The second-order valence-electron chi connectivity index (χ2n) is 4.37. The molecule has 0 radical (unpaired) electrons. The fraction of sp³-hybridized carbons (Fsp3) is 0.462. The van der Waals surface area contributed by atoms with Gasteiger partial charge in [-0.2, -0.15) is 0 Å².